The summed E-state index contributed by atoms with van der Waals surface area (Å²) in [5.41, 5.74) is 1.06. The minimum Gasteiger partial charge on any atom is -0.491 e. The molecule has 1 unspecified atom stereocenters. The van der Waals surface area contributed by atoms with Crippen molar-refractivity contribution < 1.29 is 26.2 Å². The van der Waals surface area contributed by atoms with E-state index in [4.69, 9.17) is 23.8 Å². The molecule has 216 valence electrons. The van der Waals surface area contributed by atoms with Gasteiger partial charge in [0.05, 0.1) is 38.7 Å². The Balaban J connectivity index is 1.47. The largest absolute Gasteiger partial charge is 0.491 e. The number of hydrogen-bond acceptors (Lipinski definition) is 8. The quantitative estimate of drug-likeness (QED) is 0.338. The van der Waals surface area contributed by atoms with E-state index in [-0.39, 0.29) is 28.8 Å². The minimum absolute atomic E-state index is 0.0681. The Hall–Kier alpha value is -3.80. The average Bonchev–Trinajstić information content (AvgIpc) is 3.49. The van der Waals surface area contributed by atoms with Crippen molar-refractivity contribution in [3.05, 3.63) is 60.2 Å². The second-order valence-electron chi connectivity index (χ2n) is 9.68. The molecule has 41 heavy (non-hydrogen) atoms. The zero-order valence-electron chi connectivity index (χ0n) is 24.4. The summed E-state index contributed by atoms with van der Waals surface area (Å²) in [7, 11) is 0. The first-order valence-electron chi connectivity index (χ1n) is 14.4. The summed E-state index contributed by atoms with van der Waals surface area (Å²) in [5.74, 6) is -0.936. The molecule has 2 saturated heterocycles. The third kappa shape index (κ3) is 6.92. The lowest BCUT2D eigenvalue weighted by Crippen LogP contribution is -2.42. The van der Waals surface area contributed by atoms with Crippen molar-refractivity contribution in [3.8, 4) is 5.75 Å². The monoisotopic (exact) mass is 584 g/mol. The maximum absolute atomic E-state index is 13.7. The number of anilines is 3. The van der Waals surface area contributed by atoms with Gasteiger partial charge < -0.3 is 25.0 Å². The molecule has 0 bridgehead atoms. The Kier molecular flexibility index (Phi) is 8.44. The lowest BCUT2D eigenvalue weighted by molar-refractivity contribution is -0.132. The number of ether oxygens (including phenoxy) is 2. The zero-order valence-corrected chi connectivity index (χ0v) is 23.1. The Bertz CT molecular complexity index is 1520. The molecule has 2 fully saturated rings. The first-order chi connectivity index (χ1) is 20.6. The predicted octanol–water partition coefficient (Wildman–Crippen LogP) is 4.38. The molecule has 2 amide bonds. The molecule has 1 aromatic heterocycles. The third-order valence-electron chi connectivity index (χ3n) is 7.01. The van der Waals surface area contributed by atoms with Crippen LogP contribution in [0.15, 0.2) is 49.3 Å². The van der Waals surface area contributed by atoms with E-state index in [1.807, 2.05) is 0 Å². The smallest absolute Gasteiger partial charge is 0.247 e. The van der Waals surface area contributed by atoms with Crippen molar-refractivity contribution in [3.63, 3.8) is 0 Å². The van der Waals surface area contributed by atoms with Crippen LogP contribution in [0.2, 0.25) is 5.02 Å². The van der Waals surface area contributed by atoms with Crippen LogP contribution in [-0.4, -0.2) is 83.6 Å². The second-order valence-corrected chi connectivity index (χ2v) is 10.1. The Morgan fingerprint density at radius 2 is 2.07 bits per heavy atom. The lowest BCUT2D eigenvalue weighted by atomic mass is 10.1. The van der Waals surface area contributed by atoms with Gasteiger partial charge >= 0.3 is 0 Å². The fraction of sp³-hybridized carbons (Fsp3) is 0.379. The molecule has 12 heteroatoms. The SMILES string of the molecule is [2H]C([2H])(CCN1CCOCC1)Oc1cc2ncnc(Nc3ccc(F)c(Cl)c3)c2cc1NC(=O)C1CCCN1C(=O)C=C. The molecule has 5 rings (SSSR count). The van der Waals surface area contributed by atoms with Crippen LogP contribution < -0.4 is 15.4 Å². The Labute approximate surface area is 245 Å². The minimum atomic E-state index is -2.08. The molecule has 3 aromatic rings. The fourth-order valence-electron chi connectivity index (χ4n) is 4.87. The van der Waals surface area contributed by atoms with Crippen LogP contribution in [0.4, 0.5) is 21.6 Å². The van der Waals surface area contributed by atoms with Crippen molar-refractivity contribution in [2.45, 2.75) is 25.3 Å². The van der Waals surface area contributed by atoms with E-state index in [2.05, 4.69) is 32.1 Å². The standard InChI is InChI=1S/C29H32ClFN6O4/c1-2-27(38)37-9-3-5-25(37)29(39)35-24-16-20-23(17-26(24)41-12-4-8-36-10-13-40-14-11-36)32-18-33-28(20)34-19-6-7-22(31)21(30)15-19/h2,6-7,15-18,25H,1,3-5,8-14H2,(H,35,39)(H,32,33,34)/i12D2. The maximum Gasteiger partial charge on any atom is 0.247 e. The normalized spacial score (nSPS) is 18.5. The van der Waals surface area contributed by atoms with Crippen LogP contribution in [-0.2, 0) is 14.3 Å². The van der Waals surface area contributed by atoms with Gasteiger partial charge in [-0.1, -0.05) is 18.2 Å². The van der Waals surface area contributed by atoms with E-state index < -0.39 is 24.3 Å². The third-order valence-corrected chi connectivity index (χ3v) is 7.30. The number of halogens is 2. The molecular weight excluding hydrogens is 551 g/mol. The molecule has 0 radical (unpaired) electrons. The van der Waals surface area contributed by atoms with Crippen LogP contribution in [0.3, 0.4) is 0 Å². The molecule has 10 nitrogen and oxygen atoms in total. The van der Waals surface area contributed by atoms with Crippen molar-refractivity contribution in [2.75, 3.05) is 56.6 Å². The number of rotatable bonds is 10. The number of fused-ring (bicyclic) bond motifs is 1. The molecule has 2 aliphatic rings. The summed E-state index contributed by atoms with van der Waals surface area (Å²) in [6.07, 6.45) is 3.70. The van der Waals surface area contributed by atoms with Gasteiger partial charge in [0.2, 0.25) is 11.8 Å². The van der Waals surface area contributed by atoms with Crippen LogP contribution in [0, 0.1) is 5.82 Å². The molecule has 2 N–H and O–H groups in total. The van der Waals surface area contributed by atoms with Crippen LogP contribution >= 0.6 is 11.6 Å². The van der Waals surface area contributed by atoms with Gasteiger partial charge in [0.1, 0.15) is 29.8 Å². The second kappa shape index (κ2) is 13.2. The van der Waals surface area contributed by atoms with Crippen LogP contribution in [0.25, 0.3) is 10.9 Å². The van der Waals surface area contributed by atoms with E-state index in [1.165, 1.54) is 41.6 Å². The lowest BCUT2D eigenvalue weighted by Gasteiger charge is -2.26. The summed E-state index contributed by atoms with van der Waals surface area (Å²) in [6, 6.07) is 6.54. The highest BCUT2D eigenvalue weighted by atomic mass is 35.5. The molecule has 1 atom stereocenters. The van der Waals surface area contributed by atoms with E-state index in [1.54, 1.807) is 6.07 Å². The van der Waals surface area contributed by atoms with Crippen LogP contribution in [0.1, 0.15) is 22.0 Å². The summed E-state index contributed by atoms with van der Waals surface area (Å²) in [6.45, 7) is 4.95. The Morgan fingerprint density at radius 3 is 2.85 bits per heavy atom. The first kappa shape index (κ1) is 26.1. The first-order valence-corrected chi connectivity index (χ1v) is 13.8. The molecule has 0 saturated carbocycles. The highest BCUT2D eigenvalue weighted by Crippen LogP contribution is 2.34. The molecule has 0 spiro atoms. The van der Waals surface area contributed by atoms with Gasteiger partial charge in [0, 0.05) is 43.3 Å². The van der Waals surface area contributed by atoms with Crippen LogP contribution in [0.5, 0.6) is 5.75 Å². The van der Waals surface area contributed by atoms with E-state index in [9.17, 15) is 14.0 Å². The van der Waals surface area contributed by atoms with E-state index in [0.717, 1.165) is 0 Å². The van der Waals surface area contributed by atoms with Gasteiger partial charge in [-0.15, -0.1) is 0 Å². The molecule has 3 heterocycles. The number of nitrogens with one attached hydrogen (secondary N) is 2. The van der Waals surface area contributed by atoms with E-state index in [0.29, 0.717) is 74.6 Å². The van der Waals surface area contributed by atoms with Gasteiger partial charge in [-0.05, 0) is 49.6 Å². The number of amides is 2. The molecule has 0 aliphatic carbocycles. The van der Waals surface area contributed by atoms with Crippen molar-refractivity contribution in [1.29, 1.82) is 0 Å². The summed E-state index contributed by atoms with van der Waals surface area (Å²) in [4.78, 5) is 38.0. The molecular formula is C29H32ClFN6O4. The zero-order chi connectivity index (χ0) is 30.6. The van der Waals surface area contributed by atoms with Crippen molar-refractivity contribution in [1.82, 2.24) is 19.8 Å². The number of aromatic nitrogens is 2. The van der Waals surface area contributed by atoms with Gasteiger partial charge in [-0.2, -0.15) is 0 Å². The predicted molar refractivity (Wildman–Crippen MR) is 155 cm³/mol. The number of likely N-dealkylation sites (tertiary alicyclic amines) is 1. The number of benzene rings is 2. The topological polar surface area (TPSA) is 109 Å². The summed E-state index contributed by atoms with van der Waals surface area (Å²) >= 11 is 5.95. The number of carbonyl (C=O) groups is 2. The van der Waals surface area contributed by atoms with Crippen molar-refractivity contribution in [2.24, 2.45) is 0 Å². The Morgan fingerprint density at radius 1 is 1.24 bits per heavy atom. The van der Waals surface area contributed by atoms with Gasteiger partial charge in [-0.25, -0.2) is 14.4 Å². The highest BCUT2D eigenvalue weighted by molar-refractivity contribution is 6.31. The van der Waals surface area contributed by atoms with Gasteiger partial charge in [0.25, 0.3) is 0 Å². The fourth-order valence-corrected chi connectivity index (χ4v) is 5.05. The van der Waals surface area contributed by atoms with E-state index >= 15 is 0 Å². The number of hydrogen-bond donors (Lipinski definition) is 2. The molecule has 2 aromatic carbocycles. The maximum atomic E-state index is 13.7. The number of morpholine rings is 1. The van der Waals surface area contributed by atoms with Gasteiger partial charge in [-0.3, -0.25) is 14.5 Å². The molecule has 2 aliphatic heterocycles. The number of nitrogens with zero attached hydrogens (tertiary/aromatic N) is 4. The van der Waals surface area contributed by atoms with Crippen molar-refractivity contribution >= 4 is 51.5 Å². The average molecular weight is 585 g/mol. The summed E-state index contributed by atoms with van der Waals surface area (Å²) in [5, 5.41) is 6.35. The summed E-state index contributed by atoms with van der Waals surface area (Å²) < 4.78 is 42.2. The van der Waals surface area contributed by atoms with Gasteiger partial charge in [0.15, 0.2) is 0 Å². The highest BCUT2D eigenvalue weighted by Gasteiger charge is 2.33. The number of carbonyl (C=O) groups excluding carboxylic acids is 2.